The molecular formula is C10H24BLi. The maximum Gasteiger partial charge on any atom is 1.00 e. The molecule has 0 bridgehead atoms. The standard InChI is InChI=1S/C10H24B.Li/c1-5-8-11(4,9-6-2)10-7-3;/h5-10H2,1-4H3;/q-1;+1. The third-order valence-corrected chi connectivity index (χ3v) is 2.96. The Balaban J connectivity index is 0. The molecule has 0 rings (SSSR count). The summed E-state index contributed by atoms with van der Waals surface area (Å²) >= 11 is 0. The van der Waals surface area contributed by atoms with E-state index in [0.717, 1.165) is 0 Å². The normalized spacial score (nSPS) is 11.0. The minimum atomic E-state index is 0. The van der Waals surface area contributed by atoms with Crippen molar-refractivity contribution >= 4 is 6.15 Å². The van der Waals surface area contributed by atoms with Gasteiger partial charge in [0.2, 0.25) is 0 Å². The Morgan fingerprint density at radius 1 is 0.750 bits per heavy atom. The Hall–Kier alpha value is 0.662. The molecule has 12 heavy (non-hydrogen) atoms. The monoisotopic (exact) mass is 162 g/mol. The molecule has 0 aromatic heterocycles. The average molecular weight is 162 g/mol. The third kappa shape index (κ3) is 6.21. The average Bonchev–Trinajstić information content (AvgIpc) is 1.88. The van der Waals surface area contributed by atoms with Crippen molar-refractivity contribution in [1.29, 1.82) is 0 Å². The predicted octanol–water partition coefficient (Wildman–Crippen LogP) is 1.30. The van der Waals surface area contributed by atoms with E-state index < -0.39 is 0 Å². The van der Waals surface area contributed by atoms with Crippen molar-refractivity contribution in [2.24, 2.45) is 0 Å². The van der Waals surface area contributed by atoms with Crippen molar-refractivity contribution in [3.63, 3.8) is 0 Å². The quantitative estimate of drug-likeness (QED) is 0.516. The SMILES string of the molecule is CCC[B-](C)(CCC)CCC.[Li+]. The van der Waals surface area contributed by atoms with Crippen molar-refractivity contribution in [2.75, 3.05) is 0 Å². The predicted molar refractivity (Wildman–Crippen MR) is 56.9 cm³/mol. The van der Waals surface area contributed by atoms with E-state index in [9.17, 15) is 0 Å². The Kier molecular flexibility index (Phi) is 10.4. The summed E-state index contributed by atoms with van der Waals surface area (Å²) in [5.74, 6) is 0. The van der Waals surface area contributed by atoms with Crippen LogP contribution in [0.1, 0.15) is 40.0 Å². The maximum atomic E-state index is 2.51. The van der Waals surface area contributed by atoms with Crippen LogP contribution in [-0.2, 0) is 0 Å². The van der Waals surface area contributed by atoms with Crippen LogP contribution in [0.2, 0.25) is 25.8 Å². The molecule has 2 heteroatoms. The molecule has 0 amide bonds. The van der Waals surface area contributed by atoms with Crippen molar-refractivity contribution in [3.05, 3.63) is 0 Å². The first-order valence-electron chi connectivity index (χ1n) is 5.42. The largest absolute Gasteiger partial charge is 1.00 e. The summed E-state index contributed by atoms with van der Waals surface area (Å²) in [4.78, 5) is 0. The number of rotatable bonds is 6. The summed E-state index contributed by atoms with van der Waals surface area (Å²) in [7, 11) is 0. The second-order valence-electron chi connectivity index (χ2n) is 4.46. The van der Waals surface area contributed by atoms with Crippen LogP contribution in [0.5, 0.6) is 0 Å². The van der Waals surface area contributed by atoms with Crippen LogP contribution >= 0.6 is 0 Å². The van der Waals surface area contributed by atoms with Crippen molar-refractivity contribution in [1.82, 2.24) is 0 Å². The summed E-state index contributed by atoms with van der Waals surface area (Å²) in [6.45, 7) is 9.44. The fraction of sp³-hybridized carbons (Fsp3) is 1.00. The van der Waals surface area contributed by atoms with Gasteiger partial charge in [0.05, 0.1) is 0 Å². The van der Waals surface area contributed by atoms with Gasteiger partial charge < -0.3 is 0 Å². The van der Waals surface area contributed by atoms with Crippen LogP contribution in [0.25, 0.3) is 0 Å². The molecule has 0 atom stereocenters. The van der Waals surface area contributed by atoms with E-state index in [1.807, 2.05) is 0 Å². The molecule has 0 nitrogen and oxygen atoms in total. The molecule has 0 N–H and O–H groups in total. The first kappa shape index (κ1) is 15.1. The van der Waals surface area contributed by atoms with Gasteiger partial charge in [0, 0.05) is 0 Å². The van der Waals surface area contributed by atoms with Crippen molar-refractivity contribution in [3.8, 4) is 0 Å². The Morgan fingerprint density at radius 2 is 1.00 bits per heavy atom. The van der Waals surface area contributed by atoms with Gasteiger partial charge in [-0.1, -0.05) is 40.0 Å². The third-order valence-electron chi connectivity index (χ3n) is 2.96. The molecule has 0 aliphatic carbocycles. The number of hydrogen-bond donors (Lipinski definition) is 0. The van der Waals surface area contributed by atoms with Gasteiger partial charge in [-0.2, -0.15) is 25.8 Å². The van der Waals surface area contributed by atoms with Crippen LogP contribution in [0.4, 0.5) is 0 Å². The second-order valence-corrected chi connectivity index (χ2v) is 4.46. The van der Waals surface area contributed by atoms with Crippen LogP contribution in [0, 0.1) is 0 Å². The minimum absolute atomic E-state index is 0. The number of hydrogen-bond acceptors (Lipinski definition) is 0. The zero-order valence-electron chi connectivity index (χ0n) is 9.82. The van der Waals surface area contributed by atoms with Gasteiger partial charge in [-0.05, 0) is 6.15 Å². The zero-order chi connectivity index (χ0) is 8.74. The van der Waals surface area contributed by atoms with Crippen molar-refractivity contribution in [2.45, 2.75) is 65.8 Å². The van der Waals surface area contributed by atoms with Crippen LogP contribution in [-0.4, -0.2) is 6.15 Å². The molecule has 0 aliphatic heterocycles. The molecular weight excluding hydrogens is 138 g/mol. The minimum Gasteiger partial charge on any atom is -0.190 e. The van der Waals surface area contributed by atoms with E-state index in [-0.39, 0.29) is 25.0 Å². The molecule has 0 heterocycles. The van der Waals surface area contributed by atoms with Crippen LogP contribution in [0.3, 0.4) is 0 Å². The van der Waals surface area contributed by atoms with E-state index in [0.29, 0.717) is 0 Å². The topological polar surface area (TPSA) is 0 Å². The van der Waals surface area contributed by atoms with E-state index in [4.69, 9.17) is 0 Å². The molecule has 68 valence electrons. The van der Waals surface area contributed by atoms with Crippen LogP contribution < -0.4 is 18.9 Å². The summed E-state index contributed by atoms with van der Waals surface area (Å²) in [5.41, 5.74) is 0. The summed E-state index contributed by atoms with van der Waals surface area (Å²) in [6, 6.07) is 0. The Bertz CT molecular complexity index is 76.8. The smallest absolute Gasteiger partial charge is 0.190 e. The Morgan fingerprint density at radius 3 is 1.17 bits per heavy atom. The second kappa shape index (κ2) is 8.27. The van der Waals surface area contributed by atoms with Gasteiger partial charge in [0.15, 0.2) is 0 Å². The molecule has 0 spiro atoms. The van der Waals surface area contributed by atoms with E-state index in [1.54, 1.807) is 0 Å². The van der Waals surface area contributed by atoms with Gasteiger partial charge in [0.1, 0.15) is 0 Å². The molecule has 0 saturated heterocycles. The summed E-state index contributed by atoms with van der Waals surface area (Å²) in [5, 5.41) is 0. The zero-order valence-corrected chi connectivity index (χ0v) is 9.82. The van der Waals surface area contributed by atoms with Gasteiger partial charge in [-0.3, -0.25) is 0 Å². The summed E-state index contributed by atoms with van der Waals surface area (Å²) in [6.07, 6.45) is 8.56. The molecule has 0 aromatic rings. The first-order chi connectivity index (χ1) is 5.18. The fourth-order valence-electron chi connectivity index (χ4n) is 2.52. The fourth-order valence-corrected chi connectivity index (χ4v) is 2.52. The molecule has 0 aromatic carbocycles. The van der Waals surface area contributed by atoms with Gasteiger partial charge in [0.25, 0.3) is 0 Å². The van der Waals surface area contributed by atoms with Crippen molar-refractivity contribution < 1.29 is 18.9 Å². The molecule has 0 unspecified atom stereocenters. The first-order valence-corrected chi connectivity index (χ1v) is 5.42. The van der Waals surface area contributed by atoms with E-state index >= 15 is 0 Å². The molecule has 0 aliphatic rings. The summed E-state index contributed by atoms with van der Waals surface area (Å²) < 4.78 is 0. The molecule has 0 saturated carbocycles. The van der Waals surface area contributed by atoms with E-state index in [2.05, 4.69) is 27.6 Å². The van der Waals surface area contributed by atoms with Gasteiger partial charge >= 0.3 is 18.9 Å². The molecule has 0 fully saturated rings. The van der Waals surface area contributed by atoms with Crippen LogP contribution in [0.15, 0.2) is 0 Å². The van der Waals surface area contributed by atoms with Gasteiger partial charge in [-0.25, -0.2) is 0 Å². The van der Waals surface area contributed by atoms with E-state index in [1.165, 1.54) is 38.2 Å². The van der Waals surface area contributed by atoms with Gasteiger partial charge in [-0.15, -0.1) is 0 Å². The molecule has 0 radical (unpaired) electrons. The maximum absolute atomic E-state index is 2.51. The Labute approximate surface area is 91.0 Å².